The van der Waals surface area contributed by atoms with Crippen LogP contribution in [0.4, 0.5) is 0 Å². The van der Waals surface area contributed by atoms with Crippen molar-refractivity contribution in [3.63, 3.8) is 0 Å². The highest BCUT2D eigenvalue weighted by molar-refractivity contribution is 14.1. The first-order valence-electron chi connectivity index (χ1n) is 6.04. The van der Waals surface area contributed by atoms with E-state index in [1.54, 1.807) is 0 Å². The molecule has 0 radical (unpaired) electrons. The van der Waals surface area contributed by atoms with Gasteiger partial charge in [0.15, 0.2) is 0 Å². The van der Waals surface area contributed by atoms with Crippen molar-refractivity contribution in [2.24, 2.45) is 0 Å². The van der Waals surface area contributed by atoms with Crippen LogP contribution in [0.3, 0.4) is 0 Å². The van der Waals surface area contributed by atoms with E-state index in [0.717, 1.165) is 12.8 Å². The third kappa shape index (κ3) is 2.89. The monoisotopic (exact) mass is 340 g/mol. The molecule has 1 aromatic heterocycles. The van der Waals surface area contributed by atoms with Gasteiger partial charge in [0.25, 0.3) is 0 Å². The molecule has 2 rings (SSSR count). The highest BCUT2D eigenvalue weighted by Gasteiger charge is 2.08. The zero-order valence-electron chi connectivity index (χ0n) is 10.2. The van der Waals surface area contributed by atoms with Crippen molar-refractivity contribution in [1.82, 2.24) is 9.78 Å². The topological polar surface area (TPSA) is 17.8 Å². The van der Waals surface area contributed by atoms with Gasteiger partial charge in [-0.1, -0.05) is 26.0 Å². The lowest BCUT2D eigenvalue weighted by molar-refractivity contribution is 0.428. The fourth-order valence-electron chi connectivity index (χ4n) is 2.02. The standard InChI is InChI=1S/C14H17IN2/c1-3-14(4-2)17-10-12(9-16-17)11-6-5-7-13(15)8-11/h5-10,14H,3-4H2,1-2H3. The first-order valence-corrected chi connectivity index (χ1v) is 7.12. The zero-order valence-corrected chi connectivity index (χ0v) is 12.4. The van der Waals surface area contributed by atoms with Crippen molar-refractivity contribution in [1.29, 1.82) is 0 Å². The van der Waals surface area contributed by atoms with Crippen molar-refractivity contribution >= 4 is 22.6 Å². The van der Waals surface area contributed by atoms with Crippen LogP contribution in [0.5, 0.6) is 0 Å². The van der Waals surface area contributed by atoms with Gasteiger partial charge in [-0.2, -0.15) is 5.10 Å². The van der Waals surface area contributed by atoms with Gasteiger partial charge in [0.1, 0.15) is 0 Å². The first-order chi connectivity index (χ1) is 8.24. The zero-order chi connectivity index (χ0) is 12.3. The molecule has 0 N–H and O–H groups in total. The summed E-state index contributed by atoms with van der Waals surface area (Å²) in [5.74, 6) is 0. The summed E-state index contributed by atoms with van der Waals surface area (Å²) in [5, 5.41) is 4.48. The third-order valence-corrected chi connectivity index (χ3v) is 3.75. The lowest BCUT2D eigenvalue weighted by Crippen LogP contribution is -2.06. The van der Waals surface area contributed by atoms with Gasteiger partial charge >= 0.3 is 0 Å². The van der Waals surface area contributed by atoms with Crippen LogP contribution < -0.4 is 0 Å². The molecule has 0 amide bonds. The minimum atomic E-state index is 0.520. The van der Waals surface area contributed by atoms with Crippen molar-refractivity contribution in [3.05, 3.63) is 40.2 Å². The lowest BCUT2D eigenvalue weighted by atomic mass is 10.1. The predicted molar refractivity (Wildman–Crippen MR) is 80.0 cm³/mol. The molecule has 1 aromatic carbocycles. The molecule has 2 aromatic rings. The second-order valence-corrected chi connectivity index (χ2v) is 5.44. The van der Waals surface area contributed by atoms with Crippen LogP contribution in [-0.2, 0) is 0 Å². The average Bonchev–Trinajstić information content (AvgIpc) is 2.80. The fourth-order valence-corrected chi connectivity index (χ4v) is 2.56. The van der Waals surface area contributed by atoms with Crippen molar-refractivity contribution in [3.8, 4) is 11.1 Å². The number of benzene rings is 1. The Morgan fingerprint density at radius 2 is 2.00 bits per heavy atom. The summed E-state index contributed by atoms with van der Waals surface area (Å²) in [5.41, 5.74) is 2.45. The number of halogens is 1. The van der Waals surface area contributed by atoms with Crippen molar-refractivity contribution < 1.29 is 0 Å². The van der Waals surface area contributed by atoms with E-state index in [1.165, 1.54) is 14.7 Å². The average molecular weight is 340 g/mol. The van der Waals surface area contributed by atoms with Crippen LogP contribution in [0.15, 0.2) is 36.7 Å². The molecule has 1 heterocycles. The Balaban J connectivity index is 2.29. The van der Waals surface area contributed by atoms with E-state index in [-0.39, 0.29) is 0 Å². The second-order valence-electron chi connectivity index (χ2n) is 4.19. The van der Waals surface area contributed by atoms with Crippen LogP contribution in [0, 0.1) is 3.57 Å². The molecule has 3 heteroatoms. The van der Waals surface area contributed by atoms with Gasteiger partial charge in [0.05, 0.1) is 12.2 Å². The molecule has 0 fully saturated rings. The summed E-state index contributed by atoms with van der Waals surface area (Å²) >= 11 is 2.34. The molecule has 0 saturated heterocycles. The lowest BCUT2D eigenvalue weighted by Gasteiger charge is -2.12. The Bertz CT molecular complexity index is 486. The summed E-state index contributed by atoms with van der Waals surface area (Å²) in [6.07, 6.45) is 6.38. The van der Waals surface area contributed by atoms with Gasteiger partial charge in [-0.25, -0.2) is 0 Å². The van der Waals surface area contributed by atoms with Crippen LogP contribution in [0.2, 0.25) is 0 Å². The van der Waals surface area contributed by atoms with Crippen LogP contribution in [0.1, 0.15) is 32.7 Å². The number of hydrogen-bond donors (Lipinski definition) is 0. The fraction of sp³-hybridized carbons (Fsp3) is 0.357. The molecule has 0 atom stereocenters. The highest BCUT2D eigenvalue weighted by Crippen LogP contribution is 2.23. The van der Waals surface area contributed by atoms with Gasteiger partial charge in [-0.15, -0.1) is 0 Å². The number of rotatable bonds is 4. The van der Waals surface area contributed by atoms with Gasteiger partial charge in [-0.05, 0) is 53.1 Å². The number of hydrogen-bond acceptors (Lipinski definition) is 1. The van der Waals surface area contributed by atoms with E-state index in [1.807, 2.05) is 6.20 Å². The molecular formula is C14H17IN2. The normalized spacial score (nSPS) is 11.1. The second kappa shape index (κ2) is 5.67. The van der Waals surface area contributed by atoms with E-state index < -0.39 is 0 Å². The van der Waals surface area contributed by atoms with Gasteiger partial charge < -0.3 is 0 Å². The Labute approximate surface area is 116 Å². The van der Waals surface area contributed by atoms with E-state index in [4.69, 9.17) is 0 Å². The van der Waals surface area contributed by atoms with E-state index in [2.05, 4.69) is 76.7 Å². The van der Waals surface area contributed by atoms with E-state index in [0.29, 0.717) is 6.04 Å². The quantitative estimate of drug-likeness (QED) is 0.749. The Hall–Kier alpha value is -0.840. The first kappa shape index (κ1) is 12.6. The van der Waals surface area contributed by atoms with E-state index in [9.17, 15) is 0 Å². The molecule has 0 aliphatic rings. The Kier molecular flexibility index (Phi) is 4.20. The maximum atomic E-state index is 4.48. The SMILES string of the molecule is CCC(CC)n1cc(-c2cccc(I)c2)cn1. The van der Waals surface area contributed by atoms with Crippen LogP contribution in [-0.4, -0.2) is 9.78 Å². The summed E-state index contributed by atoms with van der Waals surface area (Å²) in [4.78, 5) is 0. The van der Waals surface area contributed by atoms with Gasteiger partial charge in [0.2, 0.25) is 0 Å². The molecule has 0 aliphatic heterocycles. The Morgan fingerprint density at radius 3 is 2.65 bits per heavy atom. The largest absolute Gasteiger partial charge is 0.269 e. The molecule has 0 unspecified atom stereocenters. The van der Waals surface area contributed by atoms with Crippen LogP contribution in [0.25, 0.3) is 11.1 Å². The third-order valence-electron chi connectivity index (χ3n) is 3.08. The molecule has 0 saturated carbocycles. The summed E-state index contributed by atoms with van der Waals surface area (Å²) in [6.45, 7) is 4.42. The minimum absolute atomic E-state index is 0.520. The summed E-state index contributed by atoms with van der Waals surface area (Å²) in [6, 6.07) is 9.04. The minimum Gasteiger partial charge on any atom is -0.269 e. The van der Waals surface area contributed by atoms with Crippen molar-refractivity contribution in [2.75, 3.05) is 0 Å². The molecular weight excluding hydrogens is 323 g/mol. The molecule has 90 valence electrons. The van der Waals surface area contributed by atoms with E-state index >= 15 is 0 Å². The molecule has 17 heavy (non-hydrogen) atoms. The van der Waals surface area contributed by atoms with Crippen LogP contribution >= 0.6 is 22.6 Å². The van der Waals surface area contributed by atoms with Gasteiger partial charge in [-0.3, -0.25) is 4.68 Å². The Morgan fingerprint density at radius 1 is 1.24 bits per heavy atom. The summed E-state index contributed by atoms with van der Waals surface area (Å²) in [7, 11) is 0. The smallest absolute Gasteiger partial charge is 0.0568 e. The highest BCUT2D eigenvalue weighted by atomic mass is 127. The molecule has 0 spiro atoms. The maximum absolute atomic E-state index is 4.48. The predicted octanol–water partition coefficient (Wildman–Crippen LogP) is 4.52. The van der Waals surface area contributed by atoms with Crippen molar-refractivity contribution in [2.45, 2.75) is 32.7 Å². The number of aromatic nitrogens is 2. The van der Waals surface area contributed by atoms with Gasteiger partial charge in [0, 0.05) is 15.3 Å². The molecule has 2 nitrogen and oxygen atoms in total. The maximum Gasteiger partial charge on any atom is 0.0568 e. The number of nitrogens with zero attached hydrogens (tertiary/aromatic N) is 2. The summed E-state index contributed by atoms with van der Waals surface area (Å²) < 4.78 is 3.35. The molecule has 0 aliphatic carbocycles. The molecule has 0 bridgehead atoms.